The predicted molar refractivity (Wildman–Crippen MR) is 109 cm³/mol. The molecule has 0 radical (unpaired) electrons. The van der Waals surface area contributed by atoms with Crippen molar-refractivity contribution in [1.82, 2.24) is 9.62 Å². The number of hydrogen-bond donors (Lipinski definition) is 1. The van der Waals surface area contributed by atoms with Crippen LogP contribution in [0.15, 0.2) is 41.3 Å². The first-order valence-electron chi connectivity index (χ1n) is 7.99. The molecule has 27 heavy (non-hydrogen) atoms. The molecule has 0 fully saturated rings. The van der Waals surface area contributed by atoms with Crippen LogP contribution in [0, 0.1) is 5.82 Å². The van der Waals surface area contributed by atoms with Crippen molar-refractivity contribution in [2.75, 3.05) is 19.1 Å². The van der Waals surface area contributed by atoms with Crippen LogP contribution in [0.2, 0.25) is 4.34 Å². The molecule has 10 heteroatoms. The molecule has 1 aromatic carbocycles. The highest BCUT2D eigenvalue weighted by atomic mass is 35.5. The van der Waals surface area contributed by atoms with Gasteiger partial charge in [0, 0.05) is 11.9 Å². The molecule has 0 aliphatic carbocycles. The average Bonchev–Trinajstić information content (AvgIpc) is 3.02. The molecule has 5 nitrogen and oxygen atoms in total. The Morgan fingerprint density at radius 3 is 2.63 bits per heavy atom. The second-order valence-electron chi connectivity index (χ2n) is 5.79. The number of benzene rings is 1. The van der Waals surface area contributed by atoms with E-state index in [1.165, 1.54) is 46.2 Å². The topological polar surface area (TPSA) is 66.5 Å². The third-order valence-electron chi connectivity index (χ3n) is 3.73. The monoisotopic (exact) mass is 450 g/mol. The summed E-state index contributed by atoms with van der Waals surface area (Å²) in [4.78, 5) is 14.7. The number of thiophene rings is 1. The number of carbonyl (C=O) groups is 1. The number of likely N-dealkylation sites (N-methyl/N-ethyl adjacent to an activating group) is 1. The van der Waals surface area contributed by atoms with Gasteiger partial charge in [-0.2, -0.15) is 16.5 Å². The first-order valence-corrected chi connectivity index (χ1v) is 12.1. The molecule has 0 spiro atoms. The van der Waals surface area contributed by atoms with E-state index in [0.717, 1.165) is 10.9 Å². The van der Waals surface area contributed by atoms with Crippen molar-refractivity contribution in [1.29, 1.82) is 0 Å². The van der Waals surface area contributed by atoms with E-state index in [1.54, 1.807) is 13.1 Å². The van der Waals surface area contributed by atoms with Crippen LogP contribution >= 0.6 is 34.7 Å². The number of halogens is 2. The lowest BCUT2D eigenvalue weighted by Gasteiger charge is -2.24. The molecule has 0 aliphatic rings. The summed E-state index contributed by atoms with van der Waals surface area (Å²) in [5.74, 6) is -0.661. The fourth-order valence-electron chi connectivity index (χ4n) is 2.40. The molecule has 1 amide bonds. The number of nitrogens with one attached hydrogen (secondary N) is 1. The van der Waals surface area contributed by atoms with Crippen LogP contribution in [-0.4, -0.2) is 44.3 Å². The molecule has 1 aromatic heterocycles. The molecule has 0 saturated carbocycles. The number of sulfonamides is 1. The van der Waals surface area contributed by atoms with Crippen LogP contribution in [0.3, 0.4) is 0 Å². The zero-order valence-corrected chi connectivity index (χ0v) is 18.0. The Morgan fingerprint density at radius 1 is 1.33 bits per heavy atom. The molecule has 0 aliphatic heterocycles. The Morgan fingerprint density at radius 2 is 2.04 bits per heavy atom. The van der Waals surface area contributed by atoms with Crippen molar-refractivity contribution in [3.05, 3.63) is 51.4 Å². The van der Waals surface area contributed by atoms with Gasteiger partial charge in [0.1, 0.15) is 16.8 Å². The van der Waals surface area contributed by atoms with Gasteiger partial charge in [0.2, 0.25) is 15.9 Å². The fraction of sp³-hybridized carbons (Fsp3) is 0.353. The highest BCUT2D eigenvalue weighted by Gasteiger charge is 2.29. The highest BCUT2D eigenvalue weighted by molar-refractivity contribution is 7.98. The van der Waals surface area contributed by atoms with E-state index < -0.39 is 26.8 Å². The maximum Gasteiger partial charge on any atom is 0.244 e. The van der Waals surface area contributed by atoms with E-state index in [9.17, 15) is 17.6 Å². The van der Waals surface area contributed by atoms with Gasteiger partial charge in [-0.1, -0.05) is 23.7 Å². The van der Waals surface area contributed by atoms with Crippen molar-refractivity contribution in [3.63, 3.8) is 0 Å². The number of rotatable bonds is 9. The van der Waals surface area contributed by atoms with Gasteiger partial charge in [-0.15, -0.1) is 11.3 Å². The molecule has 148 valence electrons. The van der Waals surface area contributed by atoms with E-state index in [4.69, 9.17) is 11.6 Å². The van der Waals surface area contributed by atoms with Crippen LogP contribution in [0.25, 0.3) is 0 Å². The molecule has 2 rings (SSSR count). The van der Waals surface area contributed by atoms with Crippen molar-refractivity contribution in [3.8, 4) is 0 Å². The van der Waals surface area contributed by atoms with Gasteiger partial charge in [0.15, 0.2) is 0 Å². The number of amides is 1. The van der Waals surface area contributed by atoms with Gasteiger partial charge in [-0.25, -0.2) is 12.8 Å². The Labute approximate surface area is 172 Å². The van der Waals surface area contributed by atoms with E-state index in [0.29, 0.717) is 23.1 Å². The Hall–Kier alpha value is -1.13. The summed E-state index contributed by atoms with van der Waals surface area (Å²) >= 11 is 8.76. The third-order valence-corrected chi connectivity index (χ3v) is 7.10. The molecule has 1 heterocycles. The zero-order valence-electron chi connectivity index (χ0n) is 14.8. The van der Waals surface area contributed by atoms with Gasteiger partial charge < -0.3 is 4.90 Å². The Kier molecular flexibility index (Phi) is 8.11. The normalized spacial score (nSPS) is 12.7. The third kappa shape index (κ3) is 6.18. The first kappa shape index (κ1) is 22.2. The predicted octanol–water partition coefficient (Wildman–Crippen LogP) is 3.60. The lowest BCUT2D eigenvalue weighted by Crippen LogP contribution is -2.47. The van der Waals surface area contributed by atoms with E-state index >= 15 is 0 Å². The molecule has 0 saturated heterocycles. The minimum absolute atomic E-state index is 0.295. The summed E-state index contributed by atoms with van der Waals surface area (Å²) in [6.45, 7) is 0.313. The molecule has 1 N–H and O–H groups in total. The number of thioether (sulfide) groups is 1. The van der Waals surface area contributed by atoms with Crippen LogP contribution in [0.1, 0.15) is 11.3 Å². The smallest absolute Gasteiger partial charge is 0.244 e. The minimum atomic E-state index is -4.17. The number of hydrogen-bond acceptors (Lipinski definition) is 5. The second-order valence-corrected chi connectivity index (χ2v) is 10.3. The van der Waals surface area contributed by atoms with Gasteiger partial charge in [0.25, 0.3) is 0 Å². The van der Waals surface area contributed by atoms with Crippen molar-refractivity contribution in [2.24, 2.45) is 0 Å². The lowest BCUT2D eigenvalue weighted by molar-refractivity contribution is -0.132. The van der Waals surface area contributed by atoms with Crippen molar-refractivity contribution >= 4 is 50.6 Å². The van der Waals surface area contributed by atoms with Gasteiger partial charge >= 0.3 is 0 Å². The Balaban J connectivity index is 2.18. The van der Waals surface area contributed by atoms with Crippen LogP contribution < -0.4 is 4.72 Å². The largest absolute Gasteiger partial charge is 0.339 e. The van der Waals surface area contributed by atoms with Crippen molar-refractivity contribution < 1.29 is 17.6 Å². The summed E-state index contributed by atoms with van der Waals surface area (Å²) in [7, 11) is -2.57. The molecule has 1 unspecified atom stereocenters. The highest BCUT2D eigenvalue weighted by Crippen LogP contribution is 2.23. The lowest BCUT2D eigenvalue weighted by atomic mass is 10.2. The van der Waals surface area contributed by atoms with E-state index in [-0.39, 0.29) is 5.91 Å². The molecule has 0 bridgehead atoms. The second kappa shape index (κ2) is 9.88. The SMILES string of the molecule is CSCCC(NS(=O)(=O)c1ccccc1F)C(=O)N(C)Cc1ccc(Cl)s1. The molecule has 2 aromatic rings. The Bertz CT molecular complexity index is 889. The summed E-state index contributed by atoms with van der Waals surface area (Å²) < 4.78 is 42.0. The summed E-state index contributed by atoms with van der Waals surface area (Å²) in [6.07, 6.45) is 2.16. The quantitative estimate of drug-likeness (QED) is 0.633. The molecular weight excluding hydrogens is 431 g/mol. The number of nitrogens with zero attached hydrogens (tertiary/aromatic N) is 1. The summed E-state index contributed by atoms with van der Waals surface area (Å²) in [6, 6.07) is 7.66. The summed E-state index contributed by atoms with van der Waals surface area (Å²) in [5, 5.41) is 0. The van der Waals surface area contributed by atoms with Gasteiger partial charge in [-0.05, 0) is 42.7 Å². The first-order chi connectivity index (χ1) is 12.7. The zero-order chi connectivity index (χ0) is 20.0. The standard InChI is InChI=1S/C17H20ClFN2O3S3/c1-21(11-12-7-8-16(18)26-12)17(22)14(9-10-25-2)20-27(23,24)15-6-4-3-5-13(15)19/h3-8,14,20H,9-11H2,1-2H3. The fourth-order valence-corrected chi connectivity index (χ4v) is 5.31. The van der Waals surface area contributed by atoms with Gasteiger partial charge in [-0.3, -0.25) is 4.79 Å². The summed E-state index contributed by atoms with van der Waals surface area (Å²) in [5.41, 5.74) is 0. The van der Waals surface area contributed by atoms with E-state index in [1.807, 2.05) is 12.3 Å². The van der Waals surface area contributed by atoms with Crippen LogP contribution in [0.5, 0.6) is 0 Å². The minimum Gasteiger partial charge on any atom is -0.339 e. The van der Waals surface area contributed by atoms with Gasteiger partial charge in [0.05, 0.1) is 10.9 Å². The molecular formula is C17H20ClFN2O3S3. The maximum absolute atomic E-state index is 13.9. The molecule has 1 atom stereocenters. The van der Waals surface area contributed by atoms with Crippen LogP contribution in [-0.2, 0) is 21.4 Å². The van der Waals surface area contributed by atoms with Crippen LogP contribution in [0.4, 0.5) is 4.39 Å². The van der Waals surface area contributed by atoms with Crippen molar-refractivity contribution in [2.45, 2.75) is 23.9 Å². The average molecular weight is 451 g/mol. The van der Waals surface area contributed by atoms with E-state index in [2.05, 4.69) is 4.72 Å². The maximum atomic E-state index is 13.9. The number of carbonyl (C=O) groups excluding carboxylic acids is 1.